The Bertz CT molecular complexity index is 3500. The number of aromatic nitrogens is 5. The molecule has 0 unspecified atom stereocenters. The molecule has 0 fully saturated rings. The lowest BCUT2D eigenvalue weighted by molar-refractivity contribution is 1.07. The minimum Gasteiger partial charge on any atom is -0.309 e. The predicted octanol–water partition coefficient (Wildman–Crippen LogP) is 14.4. The van der Waals surface area contributed by atoms with Crippen molar-refractivity contribution in [3.63, 3.8) is 0 Å². The van der Waals surface area contributed by atoms with E-state index in [1.54, 1.807) is 0 Å². The van der Waals surface area contributed by atoms with Gasteiger partial charge in [-0.25, -0.2) is 15.0 Å². The minimum atomic E-state index is 0.588. The Morgan fingerprint density at radius 3 is 1.16 bits per heavy atom. The second kappa shape index (κ2) is 14.7. The summed E-state index contributed by atoms with van der Waals surface area (Å²) < 4.78 is 4.91. The molecule has 0 bridgehead atoms. The van der Waals surface area contributed by atoms with Crippen LogP contribution in [0.4, 0.5) is 0 Å². The van der Waals surface area contributed by atoms with Gasteiger partial charge in [0.25, 0.3) is 0 Å². The highest BCUT2D eigenvalue weighted by Crippen LogP contribution is 2.45. The Kier molecular flexibility index (Phi) is 8.42. The van der Waals surface area contributed by atoms with Crippen molar-refractivity contribution in [2.75, 3.05) is 0 Å². The lowest BCUT2D eigenvalue weighted by Crippen LogP contribution is -2.07. The maximum Gasteiger partial charge on any atom is 0.164 e. The lowest BCUT2D eigenvalue weighted by atomic mass is 9.97. The van der Waals surface area contributed by atoms with Crippen LogP contribution in [0.1, 0.15) is 0 Å². The third kappa shape index (κ3) is 5.82. The molecule has 0 N–H and O–H groups in total. The predicted molar refractivity (Wildman–Crippen MR) is 256 cm³/mol. The molecule has 5 nitrogen and oxygen atoms in total. The maximum atomic E-state index is 5.32. The monoisotopic (exact) mass is 791 g/mol. The number of benzene rings is 9. The van der Waals surface area contributed by atoms with Crippen molar-refractivity contribution in [3.05, 3.63) is 224 Å². The van der Waals surface area contributed by atoms with Crippen molar-refractivity contribution in [1.82, 2.24) is 24.1 Å². The van der Waals surface area contributed by atoms with Crippen molar-refractivity contribution in [3.8, 4) is 67.8 Å². The van der Waals surface area contributed by atoms with Crippen LogP contribution in [-0.2, 0) is 0 Å². The summed E-state index contributed by atoms with van der Waals surface area (Å²) in [6, 6.07) is 79.4. The fraction of sp³-hybridized carbons (Fsp3) is 0. The molecule has 0 saturated carbocycles. The van der Waals surface area contributed by atoms with E-state index in [4.69, 9.17) is 15.0 Å². The van der Waals surface area contributed by atoms with Crippen LogP contribution in [-0.4, -0.2) is 24.1 Å². The summed E-state index contributed by atoms with van der Waals surface area (Å²) in [4.78, 5) is 15.7. The molecule has 12 aromatic rings. The molecule has 9 aromatic carbocycles. The van der Waals surface area contributed by atoms with Gasteiger partial charge in [0, 0.05) is 49.4 Å². The summed E-state index contributed by atoms with van der Waals surface area (Å²) in [5.41, 5.74) is 13.7. The van der Waals surface area contributed by atoms with E-state index in [2.05, 4.69) is 197 Å². The Balaban J connectivity index is 1.28. The van der Waals surface area contributed by atoms with Crippen LogP contribution in [0, 0.1) is 0 Å². The normalized spacial score (nSPS) is 11.5. The Hall–Kier alpha value is -8.41. The van der Waals surface area contributed by atoms with Crippen LogP contribution in [0.2, 0.25) is 0 Å². The zero-order valence-corrected chi connectivity index (χ0v) is 33.6. The van der Waals surface area contributed by atoms with Gasteiger partial charge in [0.1, 0.15) is 0 Å². The first-order valence-corrected chi connectivity index (χ1v) is 21.0. The molecule has 0 aliphatic heterocycles. The highest BCUT2D eigenvalue weighted by atomic mass is 15.1. The highest BCUT2D eigenvalue weighted by Gasteiger charge is 2.25. The summed E-state index contributed by atoms with van der Waals surface area (Å²) in [5.74, 6) is 1.82. The van der Waals surface area contributed by atoms with E-state index in [-0.39, 0.29) is 0 Å². The zero-order chi connectivity index (χ0) is 41.0. The molecule has 0 atom stereocenters. The van der Waals surface area contributed by atoms with Crippen LogP contribution in [0.15, 0.2) is 224 Å². The lowest BCUT2D eigenvalue weighted by Gasteiger charge is -2.22. The first-order chi connectivity index (χ1) is 30.8. The number of fused-ring (bicyclic) bond motifs is 6. The van der Waals surface area contributed by atoms with E-state index < -0.39 is 0 Å². The largest absolute Gasteiger partial charge is 0.309 e. The Labute approximate surface area is 358 Å². The van der Waals surface area contributed by atoms with Gasteiger partial charge >= 0.3 is 0 Å². The maximum absolute atomic E-state index is 5.32. The van der Waals surface area contributed by atoms with Crippen LogP contribution in [0.3, 0.4) is 0 Å². The fourth-order valence-electron chi connectivity index (χ4n) is 9.23. The molecule has 62 heavy (non-hydrogen) atoms. The van der Waals surface area contributed by atoms with Crippen LogP contribution in [0.25, 0.3) is 111 Å². The Morgan fingerprint density at radius 2 is 0.645 bits per heavy atom. The number of hydrogen-bond donors (Lipinski definition) is 0. The molecule has 0 aliphatic rings. The van der Waals surface area contributed by atoms with E-state index >= 15 is 0 Å². The standard InChI is InChI=1S/C57H37N5/c1-5-20-38(21-6-1)43-31-19-32-47-46-30-15-18-35-50(46)62(54(43)47)52-37-42(57-59-55(40-24-9-3-10-25-40)58-56(60-57)41-26-11-4-12-27-41)36-51(53(52)39-22-7-2-8-23-39)61-48-33-16-13-28-44(48)45-29-14-17-34-49(45)61/h1-37H. The van der Waals surface area contributed by atoms with E-state index in [0.717, 1.165) is 72.4 Å². The van der Waals surface area contributed by atoms with Crippen LogP contribution in [0.5, 0.6) is 0 Å². The number of rotatable bonds is 7. The number of nitrogens with zero attached hydrogens (tertiary/aromatic N) is 5. The minimum absolute atomic E-state index is 0.588. The Morgan fingerprint density at radius 1 is 0.274 bits per heavy atom. The van der Waals surface area contributed by atoms with Gasteiger partial charge in [-0.2, -0.15) is 0 Å². The van der Waals surface area contributed by atoms with Gasteiger partial charge in [0.05, 0.1) is 33.4 Å². The van der Waals surface area contributed by atoms with Crippen LogP contribution < -0.4 is 0 Å². The van der Waals surface area contributed by atoms with Crippen molar-refractivity contribution in [2.45, 2.75) is 0 Å². The average Bonchev–Trinajstić information content (AvgIpc) is 3.88. The van der Waals surface area contributed by atoms with Gasteiger partial charge in [-0.05, 0) is 41.5 Å². The summed E-state index contributed by atoms with van der Waals surface area (Å²) in [6.45, 7) is 0. The molecule has 0 amide bonds. The molecular weight excluding hydrogens is 755 g/mol. The quantitative estimate of drug-likeness (QED) is 0.162. The highest BCUT2D eigenvalue weighted by molar-refractivity contribution is 6.15. The van der Waals surface area contributed by atoms with Gasteiger partial charge < -0.3 is 9.13 Å². The topological polar surface area (TPSA) is 48.5 Å². The first kappa shape index (κ1) is 35.5. The average molecular weight is 792 g/mol. The number of hydrogen-bond acceptors (Lipinski definition) is 3. The third-order valence-electron chi connectivity index (χ3n) is 12.0. The number of para-hydroxylation sites is 4. The summed E-state index contributed by atoms with van der Waals surface area (Å²) in [6.07, 6.45) is 0. The molecule has 3 heterocycles. The van der Waals surface area contributed by atoms with Gasteiger partial charge in [-0.1, -0.05) is 194 Å². The zero-order valence-electron chi connectivity index (χ0n) is 33.6. The molecule has 5 heteroatoms. The van der Waals surface area contributed by atoms with E-state index in [9.17, 15) is 0 Å². The molecule has 0 aliphatic carbocycles. The van der Waals surface area contributed by atoms with E-state index in [1.807, 2.05) is 36.4 Å². The van der Waals surface area contributed by atoms with Gasteiger partial charge in [-0.15, -0.1) is 0 Å². The third-order valence-corrected chi connectivity index (χ3v) is 12.0. The summed E-state index contributed by atoms with van der Waals surface area (Å²) in [5, 5.41) is 4.74. The van der Waals surface area contributed by atoms with Crippen LogP contribution >= 0.6 is 0 Å². The van der Waals surface area contributed by atoms with Gasteiger partial charge in [0.15, 0.2) is 17.5 Å². The molecule has 3 aromatic heterocycles. The summed E-state index contributed by atoms with van der Waals surface area (Å²) in [7, 11) is 0. The van der Waals surface area contributed by atoms with Crippen molar-refractivity contribution in [1.29, 1.82) is 0 Å². The molecular formula is C57H37N5. The SMILES string of the molecule is c1ccc(-c2nc(-c3ccccc3)nc(-c3cc(-n4c5ccccc5c5ccccc54)c(-c4ccccc4)c(-n4c5ccccc5c5cccc(-c6ccccc6)c54)c3)n2)cc1. The van der Waals surface area contributed by atoms with Gasteiger partial charge in [-0.3, -0.25) is 0 Å². The molecule has 0 radical (unpaired) electrons. The molecule has 290 valence electrons. The van der Waals surface area contributed by atoms with Gasteiger partial charge in [0.2, 0.25) is 0 Å². The first-order valence-electron chi connectivity index (χ1n) is 21.0. The second-order valence-corrected chi connectivity index (χ2v) is 15.6. The molecule has 12 rings (SSSR count). The van der Waals surface area contributed by atoms with E-state index in [1.165, 1.54) is 21.5 Å². The smallest absolute Gasteiger partial charge is 0.164 e. The summed E-state index contributed by atoms with van der Waals surface area (Å²) >= 11 is 0. The molecule has 0 saturated heterocycles. The van der Waals surface area contributed by atoms with E-state index in [0.29, 0.717) is 17.5 Å². The fourth-order valence-corrected chi connectivity index (χ4v) is 9.23. The second-order valence-electron chi connectivity index (χ2n) is 15.6. The van der Waals surface area contributed by atoms with Crippen molar-refractivity contribution in [2.24, 2.45) is 0 Å². The molecule has 0 spiro atoms. The van der Waals surface area contributed by atoms with Crippen molar-refractivity contribution >= 4 is 43.6 Å². The van der Waals surface area contributed by atoms with Crippen molar-refractivity contribution < 1.29 is 0 Å².